The second-order valence-corrected chi connectivity index (χ2v) is 9.40. The number of nitrogens with one attached hydrogen (secondary N) is 2. The molecule has 0 spiro atoms. The van der Waals surface area contributed by atoms with Gasteiger partial charge in [-0.15, -0.1) is 0 Å². The zero-order valence-corrected chi connectivity index (χ0v) is 22.2. The van der Waals surface area contributed by atoms with Crippen molar-refractivity contribution in [2.45, 2.75) is 25.3 Å². The van der Waals surface area contributed by atoms with E-state index in [1.807, 2.05) is 55.5 Å². The van der Waals surface area contributed by atoms with Crippen LogP contribution in [0.1, 0.15) is 39.9 Å². The van der Waals surface area contributed by atoms with Gasteiger partial charge in [0, 0.05) is 23.2 Å². The molecule has 7 nitrogen and oxygen atoms in total. The summed E-state index contributed by atoms with van der Waals surface area (Å²) in [5, 5.41) is 15.8. The lowest BCUT2D eigenvalue weighted by Crippen LogP contribution is -2.32. The lowest BCUT2D eigenvalue weighted by atomic mass is 10.00. The van der Waals surface area contributed by atoms with Crippen molar-refractivity contribution in [2.24, 2.45) is 0 Å². The Morgan fingerprint density at radius 2 is 1.43 bits per heavy atom. The summed E-state index contributed by atoms with van der Waals surface area (Å²) >= 11 is 0. The van der Waals surface area contributed by atoms with Crippen LogP contribution in [0.3, 0.4) is 0 Å². The van der Waals surface area contributed by atoms with Gasteiger partial charge in [-0.2, -0.15) is 0 Å². The predicted molar refractivity (Wildman–Crippen MR) is 155 cm³/mol. The number of carboxylic acids is 1. The first-order valence-corrected chi connectivity index (χ1v) is 13.1. The molecular formula is C33H32N2O5. The monoisotopic (exact) mass is 536 g/mol. The van der Waals surface area contributed by atoms with Gasteiger partial charge < -0.3 is 20.5 Å². The highest BCUT2D eigenvalue weighted by atomic mass is 16.5. The van der Waals surface area contributed by atoms with Gasteiger partial charge >= 0.3 is 5.97 Å². The number of carbonyl (C=O) groups excluding carboxylic acids is 2. The number of rotatable bonds is 13. The first kappa shape index (κ1) is 28.1. The summed E-state index contributed by atoms with van der Waals surface area (Å²) < 4.78 is 5.74. The minimum atomic E-state index is -1.03. The van der Waals surface area contributed by atoms with E-state index in [4.69, 9.17) is 4.74 Å². The van der Waals surface area contributed by atoms with E-state index in [0.717, 1.165) is 11.1 Å². The van der Waals surface area contributed by atoms with Crippen LogP contribution >= 0.6 is 0 Å². The van der Waals surface area contributed by atoms with Crippen LogP contribution in [0, 0.1) is 0 Å². The number of anilines is 1. The number of ether oxygens (including phenoxy) is 1. The molecule has 0 radical (unpaired) electrons. The molecule has 4 rings (SSSR count). The third-order valence-electron chi connectivity index (χ3n) is 6.56. The number of para-hydroxylation sites is 1. The van der Waals surface area contributed by atoms with E-state index in [0.29, 0.717) is 35.7 Å². The van der Waals surface area contributed by atoms with E-state index in [-0.39, 0.29) is 24.0 Å². The fourth-order valence-corrected chi connectivity index (χ4v) is 4.29. The van der Waals surface area contributed by atoms with Gasteiger partial charge in [-0.05, 0) is 42.3 Å². The second-order valence-electron chi connectivity index (χ2n) is 9.40. The zero-order valence-electron chi connectivity index (χ0n) is 22.2. The molecule has 40 heavy (non-hydrogen) atoms. The molecule has 0 aromatic heterocycles. The van der Waals surface area contributed by atoms with Gasteiger partial charge in [0.25, 0.3) is 0 Å². The van der Waals surface area contributed by atoms with Gasteiger partial charge in [0.15, 0.2) is 5.78 Å². The maximum Gasteiger partial charge on any atom is 0.326 e. The van der Waals surface area contributed by atoms with Crippen molar-refractivity contribution in [2.75, 3.05) is 18.5 Å². The molecule has 0 heterocycles. The van der Waals surface area contributed by atoms with Gasteiger partial charge in [0.05, 0.1) is 12.5 Å². The van der Waals surface area contributed by atoms with E-state index in [1.165, 1.54) is 0 Å². The molecule has 0 bridgehead atoms. The molecule has 2 unspecified atom stereocenters. The highest BCUT2D eigenvalue weighted by Gasteiger charge is 2.21. The molecular weight excluding hydrogens is 504 g/mol. The highest BCUT2D eigenvalue weighted by molar-refractivity contribution is 6.12. The number of aliphatic carboxylic acids is 1. The van der Waals surface area contributed by atoms with Crippen LogP contribution < -0.4 is 15.4 Å². The standard InChI is InChI=1S/C33H32N2O5/c1-23(25-10-4-2-5-11-25)32(37)34-20-21-40-27-18-16-24(17-19-27)22-30(33(38)39)35-29-15-9-8-14-28(29)31(36)26-12-6-3-7-13-26/h2-19,23,30,35H,20-22H2,1H3,(H,34,37)(H,38,39). The third-order valence-corrected chi connectivity index (χ3v) is 6.56. The van der Waals surface area contributed by atoms with Crippen molar-refractivity contribution in [3.8, 4) is 5.75 Å². The summed E-state index contributed by atoms with van der Waals surface area (Å²) in [6.07, 6.45) is 0.205. The summed E-state index contributed by atoms with van der Waals surface area (Å²) in [6, 6.07) is 31.6. The summed E-state index contributed by atoms with van der Waals surface area (Å²) in [5.41, 5.74) is 3.16. The summed E-state index contributed by atoms with van der Waals surface area (Å²) in [6.45, 7) is 2.53. The van der Waals surface area contributed by atoms with Crippen molar-refractivity contribution >= 4 is 23.3 Å². The number of hydrogen-bond acceptors (Lipinski definition) is 5. The van der Waals surface area contributed by atoms with Gasteiger partial charge in [-0.1, -0.05) is 84.9 Å². The SMILES string of the molecule is CC(C(=O)NCCOc1ccc(CC(Nc2ccccc2C(=O)c2ccccc2)C(=O)O)cc1)c1ccccc1. The Kier molecular flexibility index (Phi) is 9.67. The van der Waals surface area contributed by atoms with E-state index in [1.54, 1.807) is 60.7 Å². The van der Waals surface area contributed by atoms with E-state index < -0.39 is 12.0 Å². The van der Waals surface area contributed by atoms with Crippen molar-refractivity contribution in [3.63, 3.8) is 0 Å². The molecule has 0 fully saturated rings. The molecule has 0 saturated heterocycles. The van der Waals surface area contributed by atoms with Crippen LogP contribution in [0.2, 0.25) is 0 Å². The molecule has 0 aliphatic heterocycles. The van der Waals surface area contributed by atoms with E-state index in [9.17, 15) is 19.5 Å². The molecule has 0 saturated carbocycles. The number of benzene rings is 4. The highest BCUT2D eigenvalue weighted by Crippen LogP contribution is 2.22. The molecule has 0 aliphatic carbocycles. The second kappa shape index (κ2) is 13.8. The van der Waals surface area contributed by atoms with Crippen LogP contribution in [0.5, 0.6) is 5.75 Å². The van der Waals surface area contributed by atoms with E-state index >= 15 is 0 Å². The Balaban J connectivity index is 1.31. The Morgan fingerprint density at radius 1 is 0.800 bits per heavy atom. The molecule has 7 heteroatoms. The van der Waals surface area contributed by atoms with Crippen molar-refractivity contribution < 1.29 is 24.2 Å². The van der Waals surface area contributed by atoms with Gasteiger partial charge in [-0.25, -0.2) is 4.79 Å². The molecule has 1 amide bonds. The topological polar surface area (TPSA) is 105 Å². The quantitative estimate of drug-likeness (QED) is 0.158. The fourth-order valence-electron chi connectivity index (χ4n) is 4.29. The maximum atomic E-state index is 13.0. The van der Waals surface area contributed by atoms with Crippen LogP contribution in [-0.4, -0.2) is 42.0 Å². The average molecular weight is 537 g/mol. The summed E-state index contributed by atoms with van der Waals surface area (Å²) in [5.74, 6) is -0.903. The lowest BCUT2D eigenvalue weighted by molar-refractivity contribution is -0.137. The maximum absolute atomic E-state index is 13.0. The largest absolute Gasteiger partial charge is 0.492 e. The van der Waals surface area contributed by atoms with E-state index in [2.05, 4.69) is 10.6 Å². The van der Waals surface area contributed by atoms with Crippen molar-refractivity contribution in [1.29, 1.82) is 0 Å². The molecule has 2 atom stereocenters. The molecule has 0 aliphatic rings. The number of carboxylic acid groups (broad SMARTS) is 1. The Morgan fingerprint density at radius 3 is 2.10 bits per heavy atom. The normalized spacial score (nSPS) is 12.1. The fraction of sp³-hybridized carbons (Fsp3) is 0.182. The van der Waals surface area contributed by atoms with Gasteiger partial charge in [0.2, 0.25) is 5.91 Å². The minimum Gasteiger partial charge on any atom is -0.492 e. The summed E-state index contributed by atoms with van der Waals surface area (Å²) in [4.78, 5) is 37.5. The number of ketones is 1. The zero-order chi connectivity index (χ0) is 28.3. The molecule has 3 N–H and O–H groups in total. The Labute approximate surface area is 233 Å². The third kappa shape index (κ3) is 7.57. The number of carbonyl (C=O) groups is 3. The predicted octanol–water partition coefficient (Wildman–Crippen LogP) is 5.32. The molecule has 4 aromatic carbocycles. The minimum absolute atomic E-state index is 0.0654. The number of amides is 1. The Bertz CT molecular complexity index is 1420. The van der Waals surface area contributed by atoms with Crippen LogP contribution in [-0.2, 0) is 16.0 Å². The van der Waals surface area contributed by atoms with Gasteiger partial charge in [0.1, 0.15) is 18.4 Å². The van der Waals surface area contributed by atoms with Crippen LogP contribution in [0.15, 0.2) is 109 Å². The Hall–Kier alpha value is -4.91. The first-order chi connectivity index (χ1) is 19.4. The molecule has 4 aromatic rings. The molecule has 204 valence electrons. The van der Waals surface area contributed by atoms with Crippen molar-refractivity contribution in [3.05, 3.63) is 131 Å². The average Bonchev–Trinajstić information content (AvgIpc) is 3.00. The van der Waals surface area contributed by atoms with Crippen LogP contribution in [0.25, 0.3) is 0 Å². The van der Waals surface area contributed by atoms with Gasteiger partial charge in [-0.3, -0.25) is 9.59 Å². The smallest absolute Gasteiger partial charge is 0.326 e. The van der Waals surface area contributed by atoms with Crippen LogP contribution in [0.4, 0.5) is 5.69 Å². The number of hydrogen-bond donors (Lipinski definition) is 3. The first-order valence-electron chi connectivity index (χ1n) is 13.1. The summed E-state index contributed by atoms with van der Waals surface area (Å²) in [7, 11) is 0. The lowest BCUT2D eigenvalue weighted by Gasteiger charge is -2.18. The van der Waals surface area contributed by atoms with Crippen molar-refractivity contribution in [1.82, 2.24) is 5.32 Å².